The van der Waals surface area contributed by atoms with Gasteiger partial charge in [-0.3, -0.25) is 0 Å². The standard InChI is InChI=1S/C4BrFO3/c5-1-2(6)4(8)9-3(1)7. The zero-order valence-corrected chi connectivity index (χ0v) is 5.57. The molecule has 0 spiro atoms. The smallest absolute Gasteiger partial charge is 0.376 e. The number of halogens is 2. The van der Waals surface area contributed by atoms with E-state index in [0.29, 0.717) is 0 Å². The second kappa shape index (κ2) is 1.91. The van der Waals surface area contributed by atoms with Crippen LogP contribution in [0.4, 0.5) is 4.39 Å². The maximum Gasteiger partial charge on any atom is 0.376 e. The van der Waals surface area contributed by atoms with Crippen LogP contribution in [0.1, 0.15) is 0 Å². The summed E-state index contributed by atoms with van der Waals surface area (Å²) in [5.41, 5.74) is 0. The number of carbonyl (C=O) groups is 2. The summed E-state index contributed by atoms with van der Waals surface area (Å²) >= 11 is 2.52. The third kappa shape index (κ3) is 0.873. The fourth-order valence-corrected chi connectivity index (χ4v) is 0.596. The van der Waals surface area contributed by atoms with Crippen molar-refractivity contribution in [2.24, 2.45) is 0 Å². The Bertz CT molecular complexity index is 198. The normalized spacial score (nSPS) is 18.9. The summed E-state index contributed by atoms with van der Waals surface area (Å²) in [6.45, 7) is 0. The largest absolute Gasteiger partial charge is 0.383 e. The molecule has 3 nitrogen and oxygen atoms in total. The molecule has 5 heteroatoms. The number of esters is 2. The van der Waals surface area contributed by atoms with Gasteiger partial charge in [0.25, 0.3) is 0 Å². The molecule has 0 saturated heterocycles. The summed E-state index contributed by atoms with van der Waals surface area (Å²) in [6, 6.07) is 0. The zero-order chi connectivity index (χ0) is 7.02. The number of ether oxygens (including phenoxy) is 1. The number of hydrogen-bond donors (Lipinski definition) is 0. The van der Waals surface area contributed by atoms with E-state index in [2.05, 4.69) is 20.7 Å². The summed E-state index contributed by atoms with van der Waals surface area (Å²) in [7, 11) is 0. The third-order valence-corrected chi connectivity index (χ3v) is 1.41. The Balaban J connectivity index is 3.06. The molecule has 1 heterocycles. The molecule has 0 saturated carbocycles. The Morgan fingerprint density at radius 3 is 2.00 bits per heavy atom. The van der Waals surface area contributed by atoms with Crippen LogP contribution in [-0.4, -0.2) is 11.9 Å². The van der Waals surface area contributed by atoms with Gasteiger partial charge in [-0.25, -0.2) is 9.59 Å². The molecule has 0 N–H and O–H groups in total. The Labute approximate surface area is 57.6 Å². The molecule has 9 heavy (non-hydrogen) atoms. The summed E-state index contributed by atoms with van der Waals surface area (Å²) in [4.78, 5) is 20.3. The minimum Gasteiger partial charge on any atom is -0.383 e. The van der Waals surface area contributed by atoms with Gasteiger partial charge >= 0.3 is 11.9 Å². The highest BCUT2D eigenvalue weighted by molar-refractivity contribution is 9.12. The lowest BCUT2D eigenvalue weighted by Gasteiger charge is -1.82. The lowest BCUT2D eigenvalue weighted by Crippen LogP contribution is -1.99. The van der Waals surface area contributed by atoms with E-state index in [0.717, 1.165) is 0 Å². The first-order chi connectivity index (χ1) is 4.13. The minimum atomic E-state index is -1.23. The first-order valence-electron chi connectivity index (χ1n) is 1.94. The van der Waals surface area contributed by atoms with Crippen molar-refractivity contribution in [3.8, 4) is 0 Å². The van der Waals surface area contributed by atoms with Crippen LogP contribution in [-0.2, 0) is 14.3 Å². The molecule has 0 unspecified atom stereocenters. The first-order valence-corrected chi connectivity index (χ1v) is 2.74. The molecule has 0 aromatic carbocycles. The Morgan fingerprint density at radius 2 is 1.89 bits per heavy atom. The Morgan fingerprint density at radius 1 is 1.33 bits per heavy atom. The molecular formula is C4BrFO3. The van der Waals surface area contributed by atoms with E-state index < -0.39 is 22.2 Å². The van der Waals surface area contributed by atoms with Gasteiger partial charge in [0.2, 0.25) is 5.83 Å². The van der Waals surface area contributed by atoms with Gasteiger partial charge in [-0.05, 0) is 15.9 Å². The van der Waals surface area contributed by atoms with Gasteiger partial charge in [0.1, 0.15) is 4.48 Å². The maximum atomic E-state index is 12.1. The molecule has 0 fully saturated rings. The SMILES string of the molecule is O=C1OC(=O)C(Br)=C1F. The lowest BCUT2D eigenvalue weighted by molar-refractivity contribution is -0.151. The summed E-state index contributed by atoms with van der Waals surface area (Å²) < 4.78 is 15.5. The second-order valence-electron chi connectivity index (χ2n) is 1.30. The van der Waals surface area contributed by atoms with Gasteiger partial charge in [-0.2, -0.15) is 4.39 Å². The fourth-order valence-electron chi connectivity index (χ4n) is 0.353. The quantitative estimate of drug-likeness (QED) is 0.420. The Hall–Kier alpha value is -0.710. The number of cyclic esters (lactones) is 2. The van der Waals surface area contributed by atoms with E-state index >= 15 is 0 Å². The highest BCUT2D eigenvalue weighted by Crippen LogP contribution is 2.22. The lowest BCUT2D eigenvalue weighted by atomic mass is 10.5. The van der Waals surface area contributed by atoms with E-state index in [1.54, 1.807) is 0 Å². The predicted molar refractivity (Wildman–Crippen MR) is 28.2 cm³/mol. The van der Waals surface area contributed by atoms with Crippen LogP contribution >= 0.6 is 15.9 Å². The van der Waals surface area contributed by atoms with Crippen LogP contribution in [0, 0.1) is 0 Å². The van der Waals surface area contributed by atoms with Crippen molar-refractivity contribution in [1.29, 1.82) is 0 Å². The molecule has 0 aliphatic carbocycles. The van der Waals surface area contributed by atoms with Crippen molar-refractivity contribution in [2.45, 2.75) is 0 Å². The summed E-state index contributed by atoms with van der Waals surface area (Å²) in [5, 5.41) is 0. The van der Waals surface area contributed by atoms with Crippen LogP contribution in [0.2, 0.25) is 0 Å². The monoisotopic (exact) mass is 194 g/mol. The molecular weight excluding hydrogens is 195 g/mol. The molecule has 1 aliphatic rings. The zero-order valence-electron chi connectivity index (χ0n) is 3.98. The highest BCUT2D eigenvalue weighted by Gasteiger charge is 2.31. The molecule has 1 rings (SSSR count). The molecule has 0 atom stereocenters. The number of rotatable bonds is 0. The van der Waals surface area contributed by atoms with Crippen LogP contribution < -0.4 is 0 Å². The molecule has 0 aromatic heterocycles. The van der Waals surface area contributed by atoms with Crippen molar-refractivity contribution in [2.75, 3.05) is 0 Å². The third-order valence-electron chi connectivity index (χ3n) is 0.737. The molecule has 0 amide bonds. The number of carbonyl (C=O) groups excluding carboxylic acids is 2. The van der Waals surface area contributed by atoms with E-state index in [1.165, 1.54) is 0 Å². The molecule has 0 radical (unpaired) electrons. The van der Waals surface area contributed by atoms with Gasteiger partial charge in [-0.1, -0.05) is 0 Å². The van der Waals surface area contributed by atoms with Gasteiger partial charge < -0.3 is 4.74 Å². The van der Waals surface area contributed by atoms with E-state index in [9.17, 15) is 14.0 Å². The average molecular weight is 195 g/mol. The highest BCUT2D eigenvalue weighted by atomic mass is 79.9. The predicted octanol–water partition coefficient (Wildman–Crippen LogP) is 0.646. The van der Waals surface area contributed by atoms with Crippen LogP contribution in [0.25, 0.3) is 0 Å². The molecule has 0 bridgehead atoms. The molecule has 0 aromatic rings. The van der Waals surface area contributed by atoms with Crippen LogP contribution in [0.15, 0.2) is 10.3 Å². The van der Waals surface area contributed by atoms with E-state index in [1.807, 2.05) is 0 Å². The van der Waals surface area contributed by atoms with Crippen molar-refractivity contribution in [3.05, 3.63) is 10.3 Å². The topological polar surface area (TPSA) is 43.4 Å². The van der Waals surface area contributed by atoms with Gasteiger partial charge in [0.15, 0.2) is 0 Å². The Kier molecular flexibility index (Phi) is 1.36. The van der Waals surface area contributed by atoms with Crippen LogP contribution in [0.3, 0.4) is 0 Å². The van der Waals surface area contributed by atoms with Crippen molar-refractivity contribution in [3.63, 3.8) is 0 Å². The summed E-state index contributed by atoms with van der Waals surface area (Å²) in [6.07, 6.45) is 0. The van der Waals surface area contributed by atoms with Gasteiger partial charge in [0, 0.05) is 0 Å². The van der Waals surface area contributed by atoms with Gasteiger partial charge in [0.05, 0.1) is 0 Å². The van der Waals surface area contributed by atoms with Crippen molar-refractivity contribution in [1.82, 2.24) is 0 Å². The van der Waals surface area contributed by atoms with Crippen molar-refractivity contribution < 1.29 is 18.7 Å². The van der Waals surface area contributed by atoms with Crippen LogP contribution in [0.5, 0.6) is 0 Å². The fraction of sp³-hybridized carbons (Fsp3) is 0. The van der Waals surface area contributed by atoms with E-state index in [-0.39, 0.29) is 0 Å². The maximum absolute atomic E-state index is 12.1. The van der Waals surface area contributed by atoms with Gasteiger partial charge in [-0.15, -0.1) is 0 Å². The molecule has 48 valence electrons. The average Bonchev–Trinajstić information content (AvgIpc) is 1.98. The minimum absolute atomic E-state index is 0.437. The molecule has 1 aliphatic heterocycles. The second-order valence-corrected chi connectivity index (χ2v) is 2.10. The number of hydrogen-bond acceptors (Lipinski definition) is 3. The summed E-state index contributed by atoms with van der Waals surface area (Å²) in [5.74, 6) is -3.37. The van der Waals surface area contributed by atoms with E-state index in [4.69, 9.17) is 0 Å². The van der Waals surface area contributed by atoms with Crippen molar-refractivity contribution >= 4 is 27.9 Å². The first kappa shape index (κ1) is 6.41.